The van der Waals surface area contributed by atoms with Gasteiger partial charge >= 0.3 is 0 Å². The fourth-order valence-electron chi connectivity index (χ4n) is 3.31. The SMILES string of the molecule is O=C(Cc1ccc(-c2cccc(Cl)c2)nc1)NCCC1CCCC1. The molecule has 24 heavy (non-hydrogen) atoms. The van der Waals surface area contributed by atoms with Crippen molar-refractivity contribution in [2.75, 3.05) is 6.54 Å². The Morgan fingerprint density at radius 2 is 2.04 bits per heavy atom. The highest BCUT2D eigenvalue weighted by atomic mass is 35.5. The van der Waals surface area contributed by atoms with E-state index in [0.29, 0.717) is 11.4 Å². The highest BCUT2D eigenvalue weighted by molar-refractivity contribution is 6.30. The van der Waals surface area contributed by atoms with Crippen LogP contribution in [0.4, 0.5) is 0 Å². The Labute approximate surface area is 148 Å². The molecular weight excluding hydrogens is 320 g/mol. The molecule has 1 fully saturated rings. The van der Waals surface area contributed by atoms with E-state index in [1.54, 1.807) is 6.20 Å². The van der Waals surface area contributed by atoms with Gasteiger partial charge in [0, 0.05) is 23.3 Å². The number of carbonyl (C=O) groups excluding carboxylic acids is 1. The third-order valence-corrected chi connectivity index (χ3v) is 4.89. The number of amides is 1. The molecule has 1 saturated carbocycles. The number of hydrogen-bond donors (Lipinski definition) is 1. The molecule has 126 valence electrons. The van der Waals surface area contributed by atoms with Crippen molar-refractivity contribution in [2.45, 2.75) is 38.5 Å². The summed E-state index contributed by atoms with van der Waals surface area (Å²) in [5.41, 5.74) is 2.78. The standard InChI is InChI=1S/C20H23ClN2O/c21-18-7-3-6-17(13-18)19-9-8-16(14-23-19)12-20(24)22-11-10-15-4-1-2-5-15/h3,6-9,13-15H,1-2,4-5,10-12H2,(H,22,24). The number of nitrogens with one attached hydrogen (secondary N) is 1. The minimum Gasteiger partial charge on any atom is -0.356 e. The Morgan fingerprint density at radius 1 is 1.21 bits per heavy atom. The summed E-state index contributed by atoms with van der Waals surface area (Å²) in [4.78, 5) is 16.5. The predicted molar refractivity (Wildman–Crippen MR) is 98.0 cm³/mol. The van der Waals surface area contributed by atoms with Crippen LogP contribution in [-0.2, 0) is 11.2 Å². The molecule has 2 aromatic rings. The van der Waals surface area contributed by atoms with Crippen LogP contribution >= 0.6 is 11.6 Å². The minimum atomic E-state index is 0.0744. The van der Waals surface area contributed by atoms with Gasteiger partial charge in [0.1, 0.15) is 0 Å². The van der Waals surface area contributed by atoms with Gasteiger partial charge in [0.25, 0.3) is 0 Å². The Kier molecular flexibility index (Phi) is 5.86. The number of carbonyl (C=O) groups is 1. The molecule has 1 aliphatic rings. The quantitative estimate of drug-likeness (QED) is 0.830. The molecule has 0 bridgehead atoms. The molecule has 0 atom stereocenters. The lowest BCUT2D eigenvalue weighted by Crippen LogP contribution is -2.27. The lowest BCUT2D eigenvalue weighted by molar-refractivity contribution is -0.120. The summed E-state index contributed by atoms with van der Waals surface area (Å²) < 4.78 is 0. The normalized spacial score (nSPS) is 14.7. The first-order chi connectivity index (χ1) is 11.7. The van der Waals surface area contributed by atoms with Crippen LogP contribution in [0.5, 0.6) is 0 Å². The summed E-state index contributed by atoms with van der Waals surface area (Å²) in [5, 5.41) is 3.72. The third-order valence-electron chi connectivity index (χ3n) is 4.66. The average Bonchev–Trinajstić information content (AvgIpc) is 3.09. The molecule has 4 heteroatoms. The van der Waals surface area contributed by atoms with Crippen LogP contribution < -0.4 is 5.32 Å². The van der Waals surface area contributed by atoms with Gasteiger partial charge in [-0.25, -0.2) is 0 Å². The van der Waals surface area contributed by atoms with E-state index >= 15 is 0 Å². The van der Waals surface area contributed by atoms with Gasteiger partial charge in [0.2, 0.25) is 5.91 Å². The molecule has 1 heterocycles. The summed E-state index contributed by atoms with van der Waals surface area (Å²) in [5.74, 6) is 0.884. The molecule has 1 N–H and O–H groups in total. The third kappa shape index (κ3) is 4.81. The summed E-state index contributed by atoms with van der Waals surface area (Å²) >= 11 is 6.01. The Bertz CT molecular complexity index is 678. The molecule has 0 spiro atoms. The van der Waals surface area contributed by atoms with Gasteiger partial charge < -0.3 is 5.32 Å². The lowest BCUT2D eigenvalue weighted by Gasteiger charge is -2.10. The Balaban J connectivity index is 1.49. The van der Waals surface area contributed by atoms with Crippen molar-refractivity contribution in [1.82, 2.24) is 10.3 Å². The summed E-state index contributed by atoms with van der Waals surface area (Å²) in [7, 11) is 0. The van der Waals surface area contributed by atoms with Crippen molar-refractivity contribution in [3.8, 4) is 11.3 Å². The van der Waals surface area contributed by atoms with Gasteiger partial charge in [0.05, 0.1) is 12.1 Å². The predicted octanol–water partition coefficient (Wildman–Crippen LogP) is 4.64. The highest BCUT2D eigenvalue weighted by Gasteiger charge is 2.14. The maximum atomic E-state index is 12.0. The second-order valence-electron chi connectivity index (χ2n) is 6.53. The molecule has 3 nitrogen and oxygen atoms in total. The van der Waals surface area contributed by atoms with E-state index in [2.05, 4.69) is 10.3 Å². The summed E-state index contributed by atoms with van der Waals surface area (Å²) in [6, 6.07) is 11.5. The molecular formula is C20H23ClN2O. The van der Waals surface area contributed by atoms with Crippen molar-refractivity contribution in [3.05, 3.63) is 53.2 Å². The van der Waals surface area contributed by atoms with E-state index in [0.717, 1.165) is 35.7 Å². The van der Waals surface area contributed by atoms with Crippen molar-refractivity contribution in [2.24, 2.45) is 5.92 Å². The molecule has 0 saturated heterocycles. The van der Waals surface area contributed by atoms with Gasteiger partial charge in [-0.05, 0) is 36.1 Å². The summed E-state index contributed by atoms with van der Waals surface area (Å²) in [6.07, 6.45) is 8.61. The number of rotatable bonds is 6. The molecule has 1 amide bonds. The van der Waals surface area contributed by atoms with Crippen LogP contribution in [0.1, 0.15) is 37.7 Å². The van der Waals surface area contributed by atoms with Crippen molar-refractivity contribution >= 4 is 17.5 Å². The number of benzene rings is 1. The first kappa shape index (κ1) is 17.0. The van der Waals surface area contributed by atoms with Crippen molar-refractivity contribution < 1.29 is 4.79 Å². The zero-order valence-corrected chi connectivity index (χ0v) is 14.6. The van der Waals surface area contributed by atoms with E-state index in [4.69, 9.17) is 11.6 Å². The van der Waals surface area contributed by atoms with Gasteiger partial charge in [-0.15, -0.1) is 0 Å². The zero-order chi connectivity index (χ0) is 16.8. The number of hydrogen-bond acceptors (Lipinski definition) is 2. The highest BCUT2D eigenvalue weighted by Crippen LogP contribution is 2.26. The monoisotopic (exact) mass is 342 g/mol. The van der Waals surface area contributed by atoms with Gasteiger partial charge in [-0.3, -0.25) is 9.78 Å². The Hall–Kier alpha value is -1.87. The van der Waals surface area contributed by atoms with Gasteiger partial charge in [0.15, 0.2) is 0 Å². The minimum absolute atomic E-state index is 0.0744. The average molecular weight is 343 g/mol. The van der Waals surface area contributed by atoms with Crippen LogP contribution in [0, 0.1) is 5.92 Å². The second-order valence-corrected chi connectivity index (χ2v) is 6.96. The molecule has 1 aromatic carbocycles. The van der Waals surface area contributed by atoms with Crippen LogP contribution in [0.3, 0.4) is 0 Å². The van der Waals surface area contributed by atoms with Gasteiger partial charge in [-0.2, -0.15) is 0 Å². The number of halogens is 1. The van der Waals surface area contributed by atoms with Crippen LogP contribution in [0.2, 0.25) is 5.02 Å². The molecule has 1 aliphatic carbocycles. The van der Waals surface area contributed by atoms with E-state index in [9.17, 15) is 4.79 Å². The van der Waals surface area contributed by atoms with Gasteiger partial charge in [-0.1, -0.05) is 55.5 Å². The molecule has 0 radical (unpaired) electrons. The van der Waals surface area contributed by atoms with E-state index in [-0.39, 0.29) is 5.91 Å². The van der Waals surface area contributed by atoms with Crippen molar-refractivity contribution in [1.29, 1.82) is 0 Å². The topological polar surface area (TPSA) is 42.0 Å². The molecule has 0 aliphatic heterocycles. The van der Waals surface area contributed by atoms with E-state index < -0.39 is 0 Å². The first-order valence-corrected chi connectivity index (χ1v) is 9.06. The Morgan fingerprint density at radius 3 is 2.75 bits per heavy atom. The van der Waals surface area contributed by atoms with Crippen LogP contribution in [0.25, 0.3) is 11.3 Å². The van der Waals surface area contributed by atoms with E-state index in [1.165, 1.54) is 25.7 Å². The first-order valence-electron chi connectivity index (χ1n) is 8.68. The maximum Gasteiger partial charge on any atom is 0.224 e. The second kappa shape index (κ2) is 8.29. The molecule has 1 aromatic heterocycles. The number of pyridine rings is 1. The van der Waals surface area contributed by atoms with E-state index in [1.807, 2.05) is 36.4 Å². The van der Waals surface area contributed by atoms with Crippen molar-refractivity contribution in [3.63, 3.8) is 0 Å². The number of nitrogens with zero attached hydrogens (tertiary/aromatic N) is 1. The zero-order valence-electron chi connectivity index (χ0n) is 13.8. The maximum absolute atomic E-state index is 12.0. The fraction of sp³-hybridized carbons (Fsp3) is 0.400. The number of aromatic nitrogens is 1. The fourth-order valence-corrected chi connectivity index (χ4v) is 3.50. The van der Waals surface area contributed by atoms with Crippen LogP contribution in [-0.4, -0.2) is 17.4 Å². The lowest BCUT2D eigenvalue weighted by atomic mass is 10.0. The smallest absolute Gasteiger partial charge is 0.224 e. The molecule has 3 rings (SSSR count). The molecule has 0 unspecified atom stereocenters. The largest absolute Gasteiger partial charge is 0.356 e. The summed E-state index contributed by atoms with van der Waals surface area (Å²) in [6.45, 7) is 0.789. The van der Waals surface area contributed by atoms with Crippen LogP contribution in [0.15, 0.2) is 42.6 Å².